The minimum atomic E-state index is -0.0370. The summed E-state index contributed by atoms with van der Waals surface area (Å²) in [6, 6.07) is 3.87. The molecular formula is C19H25N3O3S. The SMILES string of the molecule is COCCO[C@H]1CC[C@H](NC(=O)c2cc(C)nc(-c3cncs3)c2)CC1. The number of carbonyl (C=O) groups excluding carboxylic acids is 1. The van der Waals surface area contributed by atoms with Gasteiger partial charge in [0.15, 0.2) is 0 Å². The molecule has 2 aromatic heterocycles. The number of hydrogen-bond donors (Lipinski definition) is 1. The molecule has 6 nitrogen and oxygen atoms in total. The second kappa shape index (κ2) is 9.21. The van der Waals surface area contributed by atoms with Crippen LogP contribution in [0.25, 0.3) is 10.6 Å². The number of pyridine rings is 1. The number of nitrogens with zero attached hydrogens (tertiary/aromatic N) is 2. The summed E-state index contributed by atoms with van der Waals surface area (Å²) in [6.07, 6.45) is 5.87. The number of methoxy groups -OCH3 is 1. The fraction of sp³-hybridized carbons (Fsp3) is 0.526. The van der Waals surface area contributed by atoms with Crippen LogP contribution in [0.3, 0.4) is 0 Å². The molecule has 0 saturated heterocycles. The third-order valence-corrected chi connectivity index (χ3v) is 5.35. The highest BCUT2D eigenvalue weighted by Crippen LogP contribution is 2.24. The molecule has 3 rings (SSSR count). The maximum absolute atomic E-state index is 12.7. The van der Waals surface area contributed by atoms with Crippen LogP contribution in [0.2, 0.25) is 0 Å². The van der Waals surface area contributed by atoms with Crippen molar-refractivity contribution in [1.29, 1.82) is 0 Å². The van der Waals surface area contributed by atoms with Crippen molar-refractivity contribution < 1.29 is 14.3 Å². The summed E-state index contributed by atoms with van der Waals surface area (Å²) >= 11 is 1.52. The predicted octanol–water partition coefficient (Wildman–Crippen LogP) is 3.22. The van der Waals surface area contributed by atoms with E-state index in [1.54, 1.807) is 18.8 Å². The summed E-state index contributed by atoms with van der Waals surface area (Å²) in [5.74, 6) is -0.0370. The van der Waals surface area contributed by atoms with Crippen molar-refractivity contribution in [3.05, 3.63) is 35.1 Å². The van der Waals surface area contributed by atoms with Gasteiger partial charge in [-0.3, -0.25) is 14.8 Å². The third-order valence-electron chi connectivity index (χ3n) is 4.55. The molecule has 1 fully saturated rings. The van der Waals surface area contributed by atoms with Gasteiger partial charge in [0.25, 0.3) is 5.91 Å². The molecular weight excluding hydrogens is 350 g/mol. The van der Waals surface area contributed by atoms with E-state index >= 15 is 0 Å². The number of amides is 1. The molecule has 1 N–H and O–H groups in total. The van der Waals surface area contributed by atoms with Crippen molar-refractivity contribution in [3.63, 3.8) is 0 Å². The van der Waals surface area contributed by atoms with Gasteiger partial charge >= 0.3 is 0 Å². The number of aryl methyl sites for hydroxylation is 1. The van der Waals surface area contributed by atoms with Crippen molar-refractivity contribution in [2.45, 2.75) is 44.8 Å². The molecule has 0 aromatic carbocycles. The Balaban J connectivity index is 1.56. The Labute approximate surface area is 158 Å². The average molecular weight is 375 g/mol. The number of aromatic nitrogens is 2. The molecule has 1 amide bonds. The highest BCUT2D eigenvalue weighted by molar-refractivity contribution is 7.13. The molecule has 2 heterocycles. The van der Waals surface area contributed by atoms with E-state index in [-0.39, 0.29) is 18.1 Å². The molecule has 0 unspecified atom stereocenters. The fourth-order valence-electron chi connectivity index (χ4n) is 3.21. The molecule has 7 heteroatoms. The molecule has 0 aliphatic heterocycles. The molecule has 0 bridgehead atoms. The maximum atomic E-state index is 12.7. The lowest BCUT2D eigenvalue weighted by atomic mass is 9.92. The maximum Gasteiger partial charge on any atom is 0.251 e. The molecule has 26 heavy (non-hydrogen) atoms. The molecule has 2 aromatic rings. The Morgan fingerprint density at radius 3 is 2.77 bits per heavy atom. The topological polar surface area (TPSA) is 73.3 Å². The molecule has 0 spiro atoms. The largest absolute Gasteiger partial charge is 0.382 e. The van der Waals surface area contributed by atoms with Crippen LogP contribution in [0.5, 0.6) is 0 Å². The smallest absolute Gasteiger partial charge is 0.251 e. The quantitative estimate of drug-likeness (QED) is 0.752. The van der Waals surface area contributed by atoms with Gasteiger partial charge in [-0.2, -0.15) is 0 Å². The van der Waals surface area contributed by atoms with Crippen LogP contribution in [0.4, 0.5) is 0 Å². The van der Waals surface area contributed by atoms with Gasteiger partial charge in [0.1, 0.15) is 0 Å². The molecule has 1 aliphatic rings. The number of carbonyl (C=O) groups is 1. The van der Waals surface area contributed by atoms with Gasteiger partial charge in [-0.15, -0.1) is 11.3 Å². The van der Waals surface area contributed by atoms with E-state index in [4.69, 9.17) is 9.47 Å². The van der Waals surface area contributed by atoms with E-state index in [0.717, 1.165) is 41.9 Å². The Kier molecular flexibility index (Phi) is 6.71. The van der Waals surface area contributed by atoms with Gasteiger partial charge in [-0.1, -0.05) is 0 Å². The van der Waals surface area contributed by atoms with Gasteiger partial charge in [0.2, 0.25) is 0 Å². The van der Waals surface area contributed by atoms with Gasteiger partial charge in [-0.25, -0.2) is 0 Å². The van der Waals surface area contributed by atoms with E-state index in [1.807, 2.05) is 19.1 Å². The normalized spacial score (nSPS) is 20.1. The first-order valence-corrected chi connectivity index (χ1v) is 9.82. The summed E-state index contributed by atoms with van der Waals surface area (Å²) in [5, 5.41) is 3.16. The minimum Gasteiger partial charge on any atom is -0.382 e. The summed E-state index contributed by atoms with van der Waals surface area (Å²) < 4.78 is 10.8. The van der Waals surface area contributed by atoms with Gasteiger partial charge in [0.05, 0.1) is 35.4 Å². The first kappa shape index (κ1) is 18.9. The summed E-state index contributed by atoms with van der Waals surface area (Å²) in [5.41, 5.74) is 4.05. The number of hydrogen-bond acceptors (Lipinski definition) is 6. The van der Waals surface area contributed by atoms with Gasteiger partial charge < -0.3 is 14.8 Å². The zero-order valence-electron chi connectivity index (χ0n) is 15.2. The first-order valence-electron chi connectivity index (χ1n) is 8.94. The Morgan fingerprint density at radius 2 is 2.08 bits per heavy atom. The predicted molar refractivity (Wildman–Crippen MR) is 101 cm³/mol. The molecule has 1 aliphatic carbocycles. The molecule has 0 radical (unpaired) electrons. The van der Waals surface area contributed by atoms with Crippen molar-refractivity contribution in [2.24, 2.45) is 0 Å². The molecule has 1 saturated carbocycles. The lowest BCUT2D eigenvalue weighted by Gasteiger charge is -2.29. The summed E-state index contributed by atoms with van der Waals surface area (Å²) in [4.78, 5) is 22.3. The number of rotatable bonds is 7. The van der Waals surface area contributed by atoms with E-state index in [1.165, 1.54) is 11.3 Å². The monoisotopic (exact) mass is 375 g/mol. The van der Waals surface area contributed by atoms with Gasteiger partial charge in [0, 0.05) is 30.6 Å². The lowest BCUT2D eigenvalue weighted by molar-refractivity contribution is -0.00408. The summed E-state index contributed by atoms with van der Waals surface area (Å²) in [6.45, 7) is 3.17. The lowest BCUT2D eigenvalue weighted by Crippen LogP contribution is -2.39. The van der Waals surface area contributed by atoms with E-state index in [0.29, 0.717) is 18.8 Å². The van der Waals surface area contributed by atoms with Crippen LogP contribution in [-0.4, -0.2) is 48.3 Å². The van der Waals surface area contributed by atoms with E-state index in [9.17, 15) is 4.79 Å². The fourth-order valence-corrected chi connectivity index (χ4v) is 3.79. The van der Waals surface area contributed by atoms with Crippen molar-refractivity contribution in [2.75, 3.05) is 20.3 Å². The highest BCUT2D eigenvalue weighted by Gasteiger charge is 2.23. The zero-order valence-corrected chi connectivity index (χ0v) is 16.1. The number of thiazole rings is 1. The minimum absolute atomic E-state index is 0.0370. The van der Waals surface area contributed by atoms with Crippen LogP contribution in [0.1, 0.15) is 41.7 Å². The van der Waals surface area contributed by atoms with Crippen LogP contribution < -0.4 is 5.32 Å². The Hall–Kier alpha value is -1.83. The first-order chi connectivity index (χ1) is 12.7. The van der Waals surface area contributed by atoms with Gasteiger partial charge in [-0.05, 0) is 44.7 Å². The number of ether oxygens (including phenoxy) is 2. The highest BCUT2D eigenvalue weighted by atomic mass is 32.1. The van der Waals surface area contributed by atoms with E-state index < -0.39 is 0 Å². The number of nitrogens with one attached hydrogen (secondary N) is 1. The van der Waals surface area contributed by atoms with Crippen LogP contribution >= 0.6 is 11.3 Å². The van der Waals surface area contributed by atoms with Crippen molar-refractivity contribution in [3.8, 4) is 10.6 Å². The Morgan fingerprint density at radius 1 is 1.27 bits per heavy atom. The summed E-state index contributed by atoms with van der Waals surface area (Å²) in [7, 11) is 1.68. The van der Waals surface area contributed by atoms with E-state index in [2.05, 4.69) is 15.3 Å². The third kappa shape index (κ3) is 5.09. The average Bonchev–Trinajstić information content (AvgIpc) is 3.18. The molecule has 0 atom stereocenters. The van der Waals surface area contributed by atoms with Crippen molar-refractivity contribution in [1.82, 2.24) is 15.3 Å². The Bertz CT molecular complexity index is 713. The van der Waals surface area contributed by atoms with Crippen LogP contribution in [0.15, 0.2) is 23.8 Å². The second-order valence-corrected chi connectivity index (χ2v) is 7.45. The standard InChI is InChI=1S/C19H25N3O3S/c1-13-9-14(10-17(21-13)18-11-20-12-26-18)19(23)22-15-3-5-16(6-4-15)25-8-7-24-2/h9-12,15-16H,3-8H2,1-2H3,(H,22,23)/t15-,16-. The van der Waals surface area contributed by atoms with Crippen LogP contribution in [-0.2, 0) is 9.47 Å². The molecule has 140 valence electrons. The van der Waals surface area contributed by atoms with Crippen molar-refractivity contribution >= 4 is 17.2 Å². The van der Waals surface area contributed by atoms with Crippen LogP contribution in [0, 0.1) is 6.92 Å². The zero-order chi connectivity index (χ0) is 18.4. The second-order valence-electron chi connectivity index (χ2n) is 6.56.